The van der Waals surface area contributed by atoms with Crippen molar-refractivity contribution in [1.29, 1.82) is 0 Å². The molecular weight excluding hydrogens is 297 g/mol. The van der Waals surface area contributed by atoms with Crippen LogP contribution < -0.4 is 5.32 Å². The van der Waals surface area contributed by atoms with Crippen molar-refractivity contribution in [3.8, 4) is 0 Å². The average molecular weight is 323 g/mol. The predicted molar refractivity (Wildman–Crippen MR) is 84.7 cm³/mol. The molecule has 1 N–H and O–H groups in total. The van der Waals surface area contributed by atoms with Gasteiger partial charge in [0, 0.05) is 31.1 Å². The number of nitrogens with zero attached hydrogens (tertiary/aromatic N) is 4. The number of halogens is 1. The number of alkyl halides is 1. The van der Waals surface area contributed by atoms with E-state index in [0.29, 0.717) is 18.4 Å². The zero-order valence-corrected chi connectivity index (χ0v) is 14.4. The molecule has 0 radical (unpaired) electrons. The maximum atomic E-state index is 15.0. The fourth-order valence-corrected chi connectivity index (χ4v) is 3.19. The van der Waals surface area contributed by atoms with Crippen LogP contribution in [0.1, 0.15) is 57.7 Å². The van der Waals surface area contributed by atoms with Crippen LogP contribution in [0.5, 0.6) is 0 Å². The van der Waals surface area contributed by atoms with E-state index in [1.54, 1.807) is 0 Å². The van der Waals surface area contributed by atoms with Gasteiger partial charge in [0.15, 0.2) is 5.82 Å². The molecule has 0 spiro atoms. The number of hydrogen-bond donors (Lipinski definition) is 1. The first kappa shape index (κ1) is 16.4. The summed E-state index contributed by atoms with van der Waals surface area (Å²) in [6.07, 6.45) is 2.48. The van der Waals surface area contributed by atoms with Gasteiger partial charge in [-0.1, -0.05) is 0 Å². The van der Waals surface area contributed by atoms with Crippen LogP contribution in [0, 0.1) is 6.92 Å². The smallest absolute Gasteiger partial charge is 0.259 e. The zero-order chi connectivity index (χ0) is 16.8. The zero-order valence-electron chi connectivity index (χ0n) is 14.4. The van der Waals surface area contributed by atoms with Gasteiger partial charge in [-0.25, -0.2) is 4.39 Å². The van der Waals surface area contributed by atoms with Gasteiger partial charge >= 0.3 is 0 Å². The van der Waals surface area contributed by atoms with Gasteiger partial charge in [0.2, 0.25) is 5.67 Å². The normalized spacial score (nSPS) is 25.8. The van der Waals surface area contributed by atoms with E-state index < -0.39 is 11.6 Å². The molecule has 3 rings (SSSR count). The van der Waals surface area contributed by atoms with E-state index in [9.17, 15) is 9.18 Å². The van der Waals surface area contributed by atoms with Crippen LogP contribution >= 0.6 is 0 Å². The summed E-state index contributed by atoms with van der Waals surface area (Å²) in [5, 5.41) is 10.9. The fraction of sp³-hybridized carbons (Fsp3) is 0.812. The Balaban J connectivity index is 1.62. The minimum atomic E-state index is -1.81. The van der Waals surface area contributed by atoms with Crippen molar-refractivity contribution in [1.82, 2.24) is 25.0 Å². The van der Waals surface area contributed by atoms with Crippen molar-refractivity contribution < 1.29 is 9.18 Å². The summed E-state index contributed by atoms with van der Waals surface area (Å²) < 4.78 is 17.0. The Labute approximate surface area is 136 Å². The Morgan fingerprint density at radius 2 is 2.09 bits per heavy atom. The number of likely N-dealkylation sites (tertiary alicyclic amines) is 1. The van der Waals surface area contributed by atoms with E-state index in [2.05, 4.69) is 20.1 Å². The molecule has 1 aromatic heterocycles. The van der Waals surface area contributed by atoms with Crippen molar-refractivity contribution in [3.63, 3.8) is 0 Å². The topological polar surface area (TPSA) is 63.1 Å². The first-order valence-corrected chi connectivity index (χ1v) is 8.33. The molecule has 1 unspecified atom stereocenters. The van der Waals surface area contributed by atoms with Gasteiger partial charge in [-0.15, -0.1) is 10.2 Å². The molecule has 128 valence electrons. The summed E-state index contributed by atoms with van der Waals surface area (Å²) in [7, 11) is 0. The highest BCUT2D eigenvalue weighted by Crippen LogP contribution is 2.36. The molecule has 2 aliphatic rings. The molecule has 6 nitrogen and oxygen atoms in total. The van der Waals surface area contributed by atoms with E-state index in [1.807, 2.05) is 32.6 Å². The SMILES string of the molecule is Cc1nnc(CNC(=O)C2(F)CCN(C(C)(C)C)C2)n1C1CC1. The van der Waals surface area contributed by atoms with E-state index in [1.165, 1.54) is 0 Å². The third-order valence-corrected chi connectivity index (χ3v) is 4.83. The molecule has 1 aliphatic carbocycles. The van der Waals surface area contributed by atoms with Crippen LogP contribution in [0.15, 0.2) is 0 Å². The lowest BCUT2D eigenvalue weighted by atomic mass is 10.0. The van der Waals surface area contributed by atoms with Crippen molar-refractivity contribution in [3.05, 3.63) is 11.6 Å². The van der Waals surface area contributed by atoms with Gasteiger partial charge in [0.05, 0.1) is 6.54 Å². The highest BCUT2D eigenvalue weighted by molar-refractivity contribution is 5.85. The lowest BCUT2D eigenvalue weighted by Crippen LogP contribution is -2.48. The molecule has 7 heteroatoms. The van der Waals surface area contributed by atoms with Crippen LogP contribution in [-0.4, -0.2) is 49.9 Å². The van der Waals surface area contributed by atoms with Gasteiger partial charge in [0.1, 0.15) is 5.82 Å². The third kappa shape index (κ3) is 3.24. The van der Waals surface area contributed by atoms with Gasteiger partial charge in [0.25, 0.3) is 5.91 Å². The molecule has 1 atom stereocenters. The summed E-state index contributed by atoms with van der Waals surface area (Å²) in [5.74, 6) is 1.03. The summed E-state index contributed by atoms with van der Waals surface area (Å²) in [4.78, 5) is 14.4. The monoisotopic (exact) mass is 323 g/mol. The molecule has 1 aromatic rings. The number of carbonyl (C=O) groups is 1. The molecule has 2 fully saturated rings. The number of carbonyl (C=O) groups excluding carboxylic acids is 1. The number of nitrogens with one attached hydrogen (secondary N) is 1. The fourth-order valence-electron chi connectivity index (χ4n) is 3.19. The number of aryl methyl sites for hydroxylation is 1. The highest BCUT2D eigenvalue weighted by Gasteiger charge is 2.47. The van der Waals surface area contributed by atoms with E-state index in [-0.39, 0.29) is 25.0 Å². The Morgan fingerprint density at radius 1 is 1.39 bits per heavy atom. The summed E-state index contributed by atoms with van der Waals surface area (Å²) in [6.45, 7) is 9.01. The lowest BCUT2D eigenvalue weighted by molar-refractivity contribution is -0.132. The maximum Gasteiger partial charge on any atom is 0.259 e. The van der Waals surface area contributed by atoms with E-state index in [0.717, 1.165) is 18.7 Å². The van der Waals surface area contributed by atoms with Crippen LogP contribution in [0.25, 0.3) is 0 Å². The number of hydrogen-bond acceptors (Lipinski definition) is 4. The summed E-state index contributed by atoms with van der Waals surface area (Å²) in [5.41, 5.74) is -1.94. The highest BCUT2D eigenvalue weighted by atomic mass is 19.1. The van der Waals surface area contributed by atoms with Gasteiger partial charge < -0.3 is 9.88 Å². The minimum Gasteiger partial charge on any atom is -0.346 e. The Hall–Kier alpha value is -1.50. The van der Waals surface area contributed by atoms with Crippen LogP contribution in [0.4, 0.5) is 4.39 Å². The summed E-state index contributed by atoms with van der Waals surface area (Å²) in [6, 6.07) is 0.444. The minimum absolute atomic E-state index is 0.128. The van der Waals surface area contributed by atoms with Crippen molar-refractivity contribution in [2.24, 2.45) is 0 Å². The van der Waals surface area contributed by atoms with Crippen molar-refractivity contribution in [2.45, 2.75) is 70.8 Å². The second-order valence-corrected chi connectivity index (χ2v) is 7.75. The average Bonchev–Trinajstić information content (AvgIpc) is 3.10. The number of aromatic nitrogens is 3. The Kier molecular flexibility index (Phi) is 3.94. The standard InChI is InChI=1S/C16H26FN5O/c1-11-19-20-13(22(11)12-5-6-12)9-18-14(23)16(17)7-8-21(10-16)15(2,3)4/h12H,5-10H2,1-4H3,(H,18,23). The van der Waals surface area contributed by atoms with Crippen molar-refractivity contribution >= 4 is 5.91 Å². The second kappa shape index (κ2) is 5.54. The quantitative estimate of drug-likeness (QED) is 0.917. The molecule has 1 amide bonds. The van der Waals surface area contributed by atoms with Gasteiger partial charge in [-0.05, 0) is 40.5 Å². The molecule has 1 saturated carbocycles. The second-order valence-electron chi connectivity index (χ2n) is 7.75. The molecule has 1 saturated heterocycles. The lowest BCUT2D eigenvalue weighted by Gasteiger charge is -2.32. The molecule has 0 aromatic carbocycles. The number of amides is 1. The molecule has 23 heavy (non-hydrogen) atoms. The first-order chi connectivity index (χ1) is 10.7. The Bertz CT molecular complexity index is 604. The third-order valence-electron chi connectivity index (χ3n) is 4.83. The van der Waals surface area contributed by atoms with Crippen molar-refractivity contribution in [2.75, 3.05) is 13.1 Å². The van der Waals surface area contributed by atoms with Gasteiger partial charge in [-0.3, -0.25) is 9.69 Å². The summed E-state index contributed by atoms with van der Waals surface area (Å²) >= 11 is 0. The molecule has 1 aliphatic heterocycles. The maximum absolute atomic E-state index is 15.0. The first-order valence-electron chi connectivity index (χ1n) is 8.33. The van der Waals surface area contributed by atoms with Crippen LogP contribution in [-0.2, 0) is 11.3 Å². The van der Waals surface area contributed by atoms with Crippen LogP contribution in [0.3, 0.4) is 0 Å². The molecule has 0 bridgehead atoms. The Morgan fingerprint density at radius 3 is 2.65 bits per heavy atom. The molecular formula is C16H26FN5O. The van der Waals surface area contributed by atoms with E-state index in [4.69, 9.17) is 0 Å². The molecule has 2 heterocycles. The van der Waals surface area contributed by atoms with Crippen LogP contribution in [0.2, 0.25) is 0 Å². The number of rotatable bonds is 4. The van der Waals surface area contributed by atoms with Gasteiger partial charge in [-0.2, -0.15) is 0 Å². The largest absolute Gasteiger partial charge is 0.346 e. The van der Waals surface area contributed by atoms with E-state index >= 15 is 0 Å². The predicted octanol–water partition coefficient (Wildman–Crippen LogP) is 1.75.